The van der Waals surface area contributed by atoms with Gasteiger partial charge in [-0.15, -0.1) is 0 Å². The van der Waals surface area contributed by atoms with E-state index in [1.54, 1.807) is 11.0 Å². The van der Waals surface area contributed by atoms with Crippen molar-refractivity contribution in [3.05, 3.63) is 82.9 Å². The van der Waals surface area contributed by atoms with Gasteiger partial charge in [0.2, 0.25) is 0 Å². The Morgan fingerprint density at radius 1 is 1.07 bits per heavy atom. The van der Waals surface area contributed by atoms with E-state index >= 15 is 0 Å². The number of nitrogens with zero attached hydrogens (tertiary/aromatic N) is 1. The number of fused-ring (bicyclic) bond motifs is 2. The van der Waals surface area contributed by atoms with E-state index in [-0.39, 0.29) is 30.7 Å². The molecule has 2 aliphatic heterocycles. The minimum absolute atomic E-state index is 0.173. The van der Waals surface area contributed by atoms with Gasteiger partial charge in [-0.2, -0.15) is 13.2 Å². The number of alkyl halides is 3. The van der Waals surface area contributed by atoms with Crippen molar-refractivity contribution in [2.45, 2.75) is 37.7 Å². The minimum atomic E-state index is -4.39. The zero-order valence-corrected chi connectivity index (χ0v) is 16.3. The normalized spacial score (nSPS) is 21.2. The summed E-state index contributed by atoms with van der Waals surface area (Å²) in [5.41, 5.74) is 1.41. The molecule has 30 heavy (non-hydrogen) atoms. The quantitative estimate of drug-likeness (QED) is 0.659. The van der Waals surface area contributed by atoms with Gasteiger partial charge in [0.1, 0.15) is 6.61 Å². The van der Waals surface area contributed by atoms with Gasteiger partial charge in [0.15, 0.2) is 0 Å². The van der Waals surface area contributed by atoms with Gasteiger partial charge in [-0.25, -0.2) is 4.79 Å². The van der Waals surface area contributed by atoms with Crippen molar-refractivity contribution < 1.29 is 27.4 Å². The molecule has 2 aliphatic rings. The van der Waals surface area contributed by atoms with Crippen molar-refractivity contribution in [3.8, 4) is 0 Å². The molecule has 2 atom stereocenters. The molecule has 4 rings (SSSR count). The molecule has 0 N–H and O–H groups in total. The summed E-state index contributed by atoms with van der Waals surface area (Å²) in [6, 6.07) is 14.4. The third kappa shape index (κ3) is 4.51. The maximum atomic E-state index is 13.3. The van der Waals surface area contributed by atoms with E-state index < -0.39 is 17.8 Å². The van der Waals surface area contributed by atoms with Gasteiger partial charge >= 0.3 is 12.3 Å². The Hall–Kier alpha value is -2.80. The van der Waals surface area contributed by atoms with Gasteiger partial charge in [-0.1, -0.05) is 60.2 Å². The number of halogens is 3. The van der Waals surface area contributed by atoms with E-state index in [0.29, 0.717) is 19.6 Å². The second-order valence-corrected chi connectivity index (χ2v) is 7.57. The third-order valence-electron chi connectivity index (χ3n) is 5.43. The first-order chi connectivity index (χ1) is 14.4. The molecule has 2 unspecified atom stereocenters. The second kappa shape index (κ2) is 8.52. The highest BCUT2D eigenvalue weighted by molar-refractivity contribution is 5.69. The third-order valence-corrected chi connectivity index (χ3v) is 5.43. The maximum absolute atomic E-state index is 13.3. The summed E-state index contributed by atoms with van der Waals surface area (Å²) in [4.78, 5) is 14.4. The fraction of sp³-hybridized carbons (Fsp3) is 0.348. The van der Waals surface area contributed by atoms with E-state index in [1.807, 2.05) is 36.4 Å². The Balaban J connectivity index is 1.48. The van der Waals surface area contributed by atoms with Gasteiger partial charge in [0.25, 0.3) is 0 Å². The molecule has 1 saturated heterocycles. The van der Waals surface area contributed by atoms with Crippen LogP contribution in [0.25, 0.3) is 0 Å². The molecule has 0 saturated carbocycles. The van der Waals surface area contributed by atoms with Crippen molar-refractivity contribution in [3.63, 3.8) is 0 Å². The van der Waals surface area contributed by atoms with Crippen LogP contribution in [-0.4, -0.2) is 36.3 Å². The van der Waals surface area contributed by atoms with E-state index in [9.17, 15) is 18.0 Å². The van der Waals surface area contributed by atoms with Crippen LogP contribution in [0.15, 0.2) is 66.2 Å². The van der Waals surface area contributed by atoms with Gasteiger partial charge in [-0.3, -0.25) is 4.90 Å². The fourth-order valence-corrected chi connectivity index (χ4v) is 4.09. The van der Waals surface area contributed by atoms with Crippen LogP contribution in [0.2, 0.25) is 0 Å². The van der Waals surface area contributed by atoms with Gasteiger partial charge in [0, 0.05) is 0 Å². The van der Waals surface area contributed by atoms with E-state index in [2.05, 4.69) is 0 Å². The Morgan fingerprint density at radius 3 is 2.53 bits per heavy atom. The lowest BCUT2D eigenvalue weighted by Crippen LogP contribution is -2.56. The average molecular weight is 417 g/mol. The van der Waals surface area contributed by atoms with Crippen molar-refractivity contribution in [2.24, 2.45) is 0 Å². The van der Waals surface area contributed by atoms with Crippen LogP contribution in [0.3, 0.4) is 0 Å². The Kier molecular flexibility index (Phi) is 5.81. The molecule has 0 radical (unpaired) electrons. The van der Waals surface area contributed by atoms with Crippen molar-refractivity contribution in [2.75, 3.05) is 13.2 Å². The topological polar surface area (TPSA) is 38.8 Å². The van der Waals surface area contributed by atoms with Crippen LogP contribution in [0.5, 0.6) is 0 Å². The lowest BCUT2D eigenvalue weighted by atomic mass is 9.89. The van der Waals surface area contributed by atoms with E-state index in [0.717, 1.165) is 17.2 Å². The number of hydrogen-bond donors (Lipinski definition) is 0. The molecule has 0 aliphatic carbocycles. The van der Waals surface area contributed by atoms with Crippen LogP contribution in [0.4, 0.5) is 18.0 Å². The number of rotatable bonds is 4. The Labute approximate surface area is 172 Å². The van der Waals surface area contributed by atoms with Crippen LogP contribution in [-0.2, 0) is 28.7 Å². The Bertz CT molecular complexity index is 927. The number of benzene rings is 2. The average Bonchev–Trinajstić information content (AvgIpc) is 2.72. The van der Waals surface area contributed by atoms with Crippen molar-refractivity contribution in [1.29, 1.82) is 0 Å². The first kappa shape index (κ1) is 20.5. The second-order valence-electron chi connectivity index (χ2n) is 7.57. The number of hydrogen-bond acceptors (Lipinski definition) is 3. The lowest BCUT2D eigenvalue weighted by Gasteiger charge is -2.43. The summed E-state index contributed by atoms with van der Waals surface area (Å²) in [5.74, 6) is 0. The van der Waals surface area contributed by atoms with E-state index in [1.165, 1.54) is 12.1 Å². The number of ether oxygens (including phenoxy) is 2. The molecule has 4 nitrogen and oxygen atoms in total. The summed E-state index contributed by atoms with van der Waals surface area (Å²) in [5, 5.41) is 0. The molecule has 1 amide bonds. The van der Waals surface area contributed by atoms with Crippen LogP contribution in [0.1, 0.15) is 23.1 Å². The Morgan fingerprint density at radius 2 is 1.80 bits per heavy atom. The SMILES string of the molecule is O=C(OCc1ccccc1)N1C2C=C(Cc3ccccc3C(F)(F)F)CC1COC2. The summed E-state index contributed by atoms with van der Waals surface area (Å²) >= 11 is 0. The van der Waals surface area contributed by atoms with Crippen LogP contribution < -0.4 is 0 Å². The molecule has 2 aromatic carbocycles. The highest BCUT2D eigenvalue weighted by atomic mass is 19.4. The molecular formula is C23H22F3NO3. The molecule has 2 heterocycles. The first-order valence-corrected chi connectivity index (χ1v) is 9.83. The molecule has 0 spiro atoms. The number of carbonyl (C=O) groups is 1. The predicted molar refractivity (Wildman–Crippen MR) is 105 cm³/mol. The molecule has 2 aromatic rings. The highest BCUT2D eigenvalue weighted by Crippen LogP contribution is 2.35. The summed E-state index contributed by atoms with van der Waals surface area (Å²) in [6.07, 6.45) is -2.30. The molecule has 158 valence electrons. The largest absolute Gasteiger partial charge is 0.445 e. The summed E-state index contributed by atoms with van der Waals surface area (Å²) in [6.45, 7) is 0.822. The van der Waals surface area contributed by atoms with Crippen molar-refractivity contribution >= 4 is 6.09 Å². The van der Waals surface area contributed by atoms with Crippen molar-refractivity contribution in [1.82, 2.24) is 4.90 Å². The molecule has 1 fully saturated rings. The smallest absolute Gasteiger partial charge is 0.416 e. The highest BCUT2D eigenvalue weighted by Gasteiger charge is 2.39. The van der Waals surface area contributed by atoms with Gasteiger partial charge in [-0.05, 0) is 30.0 Å². The predicted octanol–water partition coefficient (Wildman–Crippen LogP) is 4.98. The van der Waals surface area contributed by atoms with Crippen LogP contribution in [0, 0.1) is 0 Å². The lowest BCUT2D eigenvalue weighted by molar-refractivity contribution is -0.138. The molecular weight excluding hydrogens is 395 g/mol. The number of carbonyl (C=O) groups excluding carboxylic acids is 1. The standard InChI is InChI=1S/C23H22F3NO3/c24-23(25,26)21-9-5-4-8-18(21)10-17-11-19-14-29-15-20(12-17)27(19)22(28)30-13-16-6-2-1-3-7-16/h1-9,11,19-20H,10,12-15H2. The van der Waals surface area contributed by atoms with Gasteiger partial charge in [0.05, 0.1) is 30.9 Å². The van der Waals surface area contributed by atoms with Gasteiger partial charge < -0.3 is 9.47 Å². The number of amides is 1. The summed E-state index contributed by atoms with van der Waals surface area (Å²) in [7, 11) is 0. The van der Waals surface area contributed by atoms with Crippen LogP contribution >= 0.6 is 0 Å². The molecule has 0 aromatic heterocycles. The minimum Gasteiger partial charge on any atom is -0.445 e. The fourth-order valence-electron chi connectivity index (χ4n) is 4.09. The first-order valence-electron chi connectivity index (χ1n) is 9.83. The summed E-state index contributed by atoms with van der Waals surface area (Å²) < 4.78 is 51.0. The maximum Gasteiger partial charge on any atom is 0.416 e. The number of morpholine rings is 1. The monoisotopic (exact) mass is 417 g/mol. The molecule has 7 heteroatoms. The zero-order valence-electron chi connectivity index (χ0n) is 16.3. The molecule has 2 bridgehead atoms. The van der Waals surface area contributed by atoms with E-state index in [4.69, 9.17) is 9.47 Å². The zero-order chi connectivity index (χ0) is 21.1.